The van der Waals surface area contributed by atoms with Crippen molar-refractivity contribution in [1.29, 1.82) is 0 Å². The molecule has 0 saturated heterocycles. The molecule has 1 rings (SSSR count). The number of benzene rings is 1. The largest absolute Gasteiger partial charge is 0.465 e. The molecule has 3 heteroatoms. The first-order valence-electron chi connectivity index (χ1n) is 6.51. The molecular weight excluding hydrogens is 351 g/mol. The van der Waals surface area contributed by atoms with E-state index in [9.17, 15) is 4.79 Å². The van der Waals surface area contributed by atoms with Crippen LogP contribution in [0.5, 0.6) is 0 Å². The molecule has 0 heterocycles. The Morgan fingerprint density at radius 1 is 1.42 bits per heavy atom. The van der Waals surface area contributed by atoms with Crippen LogP contribution in [0.25, 0.3) is 0 Å². The molecule has 0 bridgehead atoms. The van der Waals surface area contributed by atoms with Crippen LogP contribution in [0.2, 0.25) is 0 Å². The third kappa shape index (κ3) is 6.11. The number of methoxy groups -OCH3 is 1. The molecule has 1 aromatic carbocycles. The van der Waals surface area contributed by atoms with Crippen molar-refractivity contribution in [2.45, 2.75) is 36.5 Å². The van der Waals surface area contributed by atoms with Crippen LogP contribution in [0.3, 0.4) is 0 Å². The Labute approximate surface area is 129 Å². The lowest BCUT2D eigenvalue weighted by Gasteiger charge is -2.01. The van der Waals surface area contributed by atoms with E-state index in [4.69, 9.17) is 4.74 Å². The van der Waals surface area contributed by atoms with Crippen LogP contribution in [-0.2, 0) is 4.74 Å². The zero-order valence-corrected chi connectivity index (χ0v) is 13.6. The number of ether oxygens (including phenoxy) is 1. The maximum Gasteiger partial charge on any atom is 0.337 e. The van der Waals surface area contributed by atoms with Gasteiger partial charge in [0, 0.05) is 5.56 Å². The molecule has 19 heavy (non-hydrogen) atoms. The Morgan fingerprint density at radius 2 is 2.21 bits per heavy atom. The summed E-state index contributed by atoms with van der Waals surface area (Å²) < 4.78 is 5.06. The number of alkyl halides is 1. The molecule has 0 aliphatic carbocycles. The van der Waals surface area contributed by atoms with Crippen LogP contribution in [0.15, 0.2) is 24.3 Å². The zero-order valence-electron chi connectivity index (χ0n) is 11.4. The lowest BCUT2D eigenvalue weighted by molar-refractivity contribution is 0.0600. The molecule has 0 aromatic heterocycles. The Hall–Kier alpha value is -1.02. The minimum atomic E-state index is -0.322. The first kappa shape index (κ1) is 16.0. The van der Waals surface area contributed by atoms with Gasteiger partial charge in [-0.1, -0.05) is 66.7 Å². The summed E-state index contributed by atoms with van der Waals surface area (Å²) in [5.41, 5.74) is 1.41. The van der Waals surface area contributed by atoms with Gasteiger partial charge in [-0.05, 0) is 24.6 Å². The summed E-state index contributed by atoms with van der Waals surface area (Å²) in [6.07, 6.45) is 4.84. The lowest BCUT2D eigenvalue weighted by atomic mass is 10.1. The molecule has 2 nitrogen and oxygen atoms in total. The summed E-state index contributed by atoms with van der Waals surface area (Å²) in [6, 6.07) is 7.25. The molecule has 102 valence electrons. The molecule has 0 aliphatic rings. The summed E-state index contributed by atoms with van der Waals surface area (Å²) in [5.74, 6) is 6.03. The van der Waals surface area contributed by atoms with Gasteiger partial charge in [-0.2, -0.15) is 0 Å². The van der Waals surface area contributed by atoms with Gasteiger partial charge in [0.25, 0.3) is 0 Å². The summed E-state index contributed by atoms with van der Waals surface area (Å²) in [6.45, 7) is 2.20. The molecule has 0 saturated carbocycles. The second-order valence-corrected chi connectivity index (χ2v) is 5.81. The fourth-order valence-corrected chi connectivity index (χ4v) is 2.25. The summed E-state index contributed by atoms with van der Waals surface area (Å²) >= 11 is 2.37. The van der Waals surface area contributed by atoms with Gasteiger partial charge in [-0.15, -0.1) is 0 Å². The fourth-order valence-electron chi connectivity index (χ4n) is 1.65. The number of esters is 1. The van der Waals surface area contributed by atoms with E-state index in [0.717, 1.165) is 12.0 Å². The van der Waals surface area contributed by atoms with Crippen molar-refractivity contribution in [3.8, 4) is 11.8 Å². The number of unbranched alkanes of at least 4 members (excludes halogenated alkanes) is 2. The SMILES string of the molecule is CCCCCC(I)C#Cc1cccc(C(=O)OC)c1. The highest BCUT2D eigenvalue weighted by atomic mass is 127. The molecule has 0 radical (unpaired) electrons. The number of carbonyl (C=O) groups excluding carboxylic acids is 1. The first-order chi connectivity index (χ1) is 9.17. The second kappa shape index (κ2) is 8.98. The van der Waals surface area contributed by atoms with Crippen LogP contribution < -0.4 is 0 Å². The van der Waals surface area contributed by atoms with Crippen LogP contribution >= 0.6 is 22.6 Å². The number of hydrogen-bond donors (Lipinski definition) is 0. The van der Waals surface area contributed by atoms with Crippen LogP contribution in [0.1, 0.15) is 48.5 Å². The molecule has 0 aliphatic heterocycles. The zero-order chi connectivity index (χ0) is 14.1. The van der Waals surface area contributed by atoms with Gasteiger partial charge in [0.15, 0.2) is 0 Å². The van der Waals surface area contributed by atoms with E-state index in [1.807, 2.05) is 12.1 Å². The maximum absolute atomic E-state index is 11.4. The number of carbonyl (C=O) groups is 1. The van der Waals surface area contributed by atoms with Gasteiger partial charge in [0.05, 0.1) is 16.6 Å². The topological polar surface area (TPSA) is 26.3 Å². The summed E-state index contributed by atoms with van der Waals surface area (Å²) in [7, 11) is 1.38. The van der Waals surface area contributed by atoms with Gasteiger partial charge in [0.1, 0.15) is 0 Å². The van der Waals surface area contributed by atoms with Crippen molar-refractivity contribution in [2.24, 2.45) is 0 Å². The summed E-state index contributed by atoms with van der Waals surface area (Å²) in [4.78, 5) is 11.4. The summed E-state index contributed by atoms with van der Waals surface area (Å²) in [5, 5.41) is 0. The van der Waals surface area contributed by atoms with E-state index in [1.54, 1.807) is 12.1 Å². The van der Waals surface area contributed by atoms with Crippen molar-refractivity contribution in [3.63, 3.8) is 0 Å². The van der Waals surface area contributed by atoms with E-state index >= 15 is 0 Å². The van der Waals surface area contributed by atoms with E-state index in [2.05, 4.69) is 41.4 Å². The highest BCUT2D eigenvalue weighted by Crippen LogP contribution is 2.11. The number of rotatable bonds is 5. The van der Waals surface area contributed by atoms with Crippen LogP contribution in [0.4, 0.5) is 0 Å². The quantitative estimate of drug-likeness (QED) is 0.255. The van der Waals surface area contributed by atoms with E-state index in [-0.39, 0.29) is 5.97 Å². The number of hydrogen-bond acceptors (Lipinski definition) is 2. The Bertz CT molecular complexity index is 471. The monoisotopic (exact) mass is 370 g/mol. The van der Waals surface area contributed by atoms with Gasteiger partial charge in [-0.3, -0.25) is 0 Å². The average molecular weight is 370 g/mol. The minimum absolute atomic E-state index is 0.322. The first-order valence-corrected chi connectivity index (χ1v) is 7.76. The van der Waals surface area contributed by atoms with Crippen LogP contribution in [0, 0.1) is 11.8 Å². The third-order valence-corrected chi connectivity index (χ3v) is 3.65. The van der Waals surface area contributed by atoms with Crippen molar-refractivity contribution >= 4 is 28.6 Å². The van der Waals surface area contributed by atoms with E-state index < -0.39 is 0 Å². The molecule has 1 atom stereocenters. The smallest absolute Gasteiger partial charge is 0.337 e. The van der Waals surface area contributed by atoms with Gasteiger partial charge >= 0.3 is 5.97 Å². The molecule has 0 N–H and O–H groups in total. The fraction of sp³-hybridized carbons (Fsp3) is 0.438. The third-order valence-electron chi connectivity index (χ3n) is 2.72. The molecule has 0 spiro atoms. The predicted octanol–water partition coefficient (Wildman–Crippen LogP) is 4.21. The highest BCUT2D eigenvalue weighted by molar-refractivity contribution is 14.1. The van der Waals surface area contributed by atoms with Crippen molar-refractivity contribution in [3.05, 3.63) is 35.4 Å². The Balaban J connectivity index is 2.64. The molecule has 1 aromatic rings. The molecule has 0 fully saturated rings. The average Bonchev–Trinajstić information content (AvgIpc) is 2.45. The van der Waals surface area contributed by atoms with Gasteiger partial charge in [0.2, 0.25) is 0 Å². The van der Waals surface area contributed by atoms with Crippen molar-refractivity contribution in [1.82, 2.24) is 0 Å². The van der Waals surface area contributed by atoms with Crippen molar-refractivity contribution < 1.29 is 9.53 Å². The van der Waals surface area contributed by atoms with Gasteiger partial charge < -0.3 is 4.74 Å². The molecular formula is C16H19IO2. The second-order valence-electron chi connectivity index (χ2n) is 4.31. The van der Waals surface area contributed by atoms with E-state index in [1.165, 1.54) is 26.4 Å². The highest BCUT2D eigenvalue weighted by Gasteiger charge is 2.04. The minimum Gasteiger partial charge on any atom is -0.465 e. The Kier molecular flexibility index (Phi) is 7.57. The normalized spacial score (nSPS) is 11.3. The van der Waals surface area contributed by atoms with E-state index in [0.29, 0.717) is 9.49 Å². The van der Waals surface area contributed by atoms with Crippen molar-refractivity contribution in [2.75, 3.05) is 7.11 Å². The van der Waals surface area contributed by atoms with Crippen LogP contribution in [-0.4, -0.2) is 17.0 Å². The Morgan fingerprint density at radius 3 is 2.89 bits per heavy atom. The molecule has 0 amide bonds. The maximum atomic E-state index is 11.4. The molecule has 1 unspecified atom stereocenters. The predicted molar refractivity (Wildman–Crippen MR) is 86.6 cm³/mol. The number of halogens is 1. The van der Waals surface area contributed by atoms with Gasteiger partial charge in [-0.25, -0.2) is 4.79 Å². The standard InChI is InChI=1S/C16H19IO2/c1-3-4-5-9-15(17)11-10-13-7-6-8-14(12-13)16(18)19-2/h6-8,12,15H,3-5,9H2,1-2H3. The lowest BCUT2D eigenvalue weighted by Crippen LogP contribution is -2.01.